The Morgan fingerprint density at radius 2 is 2.30 bits per heavy atom. The van der Waals surface area contributed by atoms with E-state index in [1.165, 1.54) is 23.9 Å². The number of H-pyrrole nitrogens is 1. The zero-order valence-corrected chi connectivity index (χ0v) is 11.8. The Labute approximate surface area is 120 Å². The van der Waals surface area contributed by atoms with Crippen molar-refractivity contribution in [3.8, 4) is 11.8 Å². The van der Waals surface area contributed by atoms with Gasteiger partial charge in [0.25, 0.3) is 0 Å². The number of aromatic nitrogens is 3. The minimum Gasteiger partial charge on any atom is -0.395 e. The lowest BCUT2D eigenvalue weighted by atomic mass is 10.1. The predicted octanol–water partition coefficient (Wildman–Crippen LogP) is 2.28. The molecule has 2 rings (SSSR count). The Kier molecular flexibility index (Phi) is 5.16. The van der Waals surface area contributed by atoms with Crippen LogP contribution in [0.2, 0.25) is 0 Å². The highest BCUT2D eigenvalue weighted by Crippen LogP contribution is 2.21. The third-order valence-corrected chi connectivity index (χ3v) is 3.36. The molecule has 0 fully saturated rings. The number of aliphatic hydroxyl groups is 1. The molecule has 0 atom stereocenters. The number of nitrogens with zero attached hydrogens (tertiary/aromatic N) is 2. The van der Waals surface area contributed by atoms with Gasteiger partial charge in [0, 0.05) is 17.7 Å². The number of aliphatic hydroxyl groups excluding tert-OH is 1. The normalized spacial score (nSPS) is 10.2. The van der Waals surface area contributed by atoms with E-state index in [-0.39, 0.29) is 12.4 Å². The van der Waals surface area contributed by atoms with Gasteiger partial charge in [0.2, 0.25) is 5.16 Å². The van der Waals surface area contributed by atoms with E-state index < -0.39 is 0 Å². The van der Waals surface area contributed by atoms with Crippen LogP contribution >= 0.6 is 11.8 Å². The fourth-order valence-corrected chi connectivity index (χ4v) is 2.38. The standard InChI is InChI=1S/C14H14FN3OS/c1-10-16-14(18-17-10)20-9-12-5-6-13(15)8-11(12)4-2-3-7-19/h5-6,8,19H,3,7,9H2,1H3,(H,16,17,18). The van der Waals surface area contributed by atoms with Crippen LogP contribution in [-0.4, -0.2) is 26.9 Å². The van der Waals surface area contributed by atoms with Gasteiger partial charge in [-0.3, -0.25) is 5.10 Å². The maximum absolute atomic E-state index is 13.3. The highest BCUT2D eigenvalue weighted by molar-refractivity contribution is 7.98. The minimum atomic E-state index is -0.319. The Bertz CT molecular complexity index is 645. The van der Waals surface area contributed by atoms with Crippen LogP contribution < -0.4 is 0 Å². The van der Waals surface area contributed by atoms with Crippen molar-refractivity contribution in [3.05, 3.63) is 41.0 Å². The third kappa shape index (κ3) is 4.08. The van der Waals surface area contributed by atoms with Gasteiger partial charge in [-0.15, -0.1) is 5.10 Å². The van der Waals surface area contributed by atoms with Crippen LogP contribution in [-0.2, 0) is 5.75 Å². The second-order valence-corrected chi connectivity index (χ2v) is 5.01. The summed E-state index contributed by atoms with van der Waals surface area (Å²) in [5, 5.41) is 16.2. The molecule has 1 heterocycles. The molecular formula is C14H14FN3OS. The van der Waals surface area contributed by atoms with Crippen LogP contribution in [0.1, 0.15) is 23.4 Å². The lowest BCUT2D eigenvalue weighted by Crippen LogP contribution is -1.90. The lowest BCUT2D eigenvalue weighted by Gasteiger charge is -2.03. The lowest BCUT2D eigenvalue weighted by molar-refractivity contribution is 0.305. The summed E-state index contributed by atoms with van der Waals surface area (Å²) >= 11 is 1.46. The van der Waals surface area contributed by atoms with E-state index in [0.717, 1.165) is 11.4 Å². The number of aryl methyl sites for hydroxylation is 1. The summed E-state index contributed by atoms with van der Waals surface area (Å²) in [7, 11) is 0. The number of nitrogens with one attached hydrogen (secondary N) is 1. The van der Waals surface area contributed by atoms with Crippen molar-refractivity contribution < 1.29 is 9.50 Å². The summed E-state index contributed by atoms with van der Waals surface area (Å²) in [6, 6.07) is 4.53. The van der Waals surface area contributed by atoms with Gasteiger partial charge in [0.15, 0.2) is 0 Å². The molecule has 0 amide bonds. The Morgan fingerprint density at radius 3 is 3.00 bits per heavy atom. The average molecular weight is 291 g/mol. The molecule has 104 valence electrons. The van der Waals surface area contributed by atoms with E-state index in [1.54, 1.807) is 6.07 Å². The van der Waals surface area contributed by atoms with Crippen molar-refractivity contribution in [2.24, 2.45) is 0 Å². The first-order valence-corrected chi connectivity index (χ1v) is 7.07. The van der Waals surface area contributed by atoms with Gasteiger partial charge in [-0.25, -0.2) is 9.37 Å². The second-order valence-electron chi connectivity index (χ2n) is 4.07. The monoisotopic (exact) mass is 291 g/mol. The molecule has 0 unspecified atom stereocenters. The molecule has 0 aliphatic rings. The summed E-state index contributed by atoms with van der Waals surface area (Å²) in [5.74, 6) is 6.74. The molecule has 0 saturated carbocycles. The molecule has 0 aliphatic heterocycles. The smallest absolute Gasteiger partial charge is 0.208 e. The van der Waals surface area contributed by atoms with Gasteiger partial charge in [-0.05, 0) is 24.6 Å². The van der Waals surface area contributed by atoms with Crippen LogP contribution in [0, 0.1) is 24.6 Å². The fourth-order valence-electron chi connectivity index (χ4n) is 1.53. The van der Waals surface area contributed by atoms with E-state index in [4.69, 9.17) is 5.11 Å². The summed E-state index contributed by atoms with van der Waals surface area (Å²) in [4.78, 5) is 4.20. The Balaban J connectivity index is 2.12. The Hall–Kier alpha value is -1.84. The average Bonchev–Trinajstić information content (AvgIpc) is 2.84. The topological polar surface area (TPSA) is 61.8 Å². The van der Waals surface area contributed by atoms with Crippen molar-refractivity contribution in [1.82, 2.24) is 15.2 Å². The van der Waals surface area contributed by atoms with Crippen LogP contribution in [0.3, 0.4) is 0 Å². The first kappa shape index (κ1) is 14.6. The van der Waals surface area contributed by atoms with Gasteiger partial charge in [-0.1, -0.05) is 29.7 Å². The number of benzene rings is 1. The number of thioether (sulfide) groups is 1. The quantitative estimate of drug-likeness (QED) is 0.670. The molecule has 0 saturated heterocycles. The second kappa shape index (κ2) is 7.08. The van der Waals surface area contributed by atoms with E-state index in [0.29, 0.717) is 22.9 Å². The molecule has 0 spiro atoms. The molecule has 1 aromatic heterocycles. The number of aromatic amines is 1. The van der Waals surface area contributed by atoms with Crippen LogP contribution in [0.25, 0.3) is 0 Å². The van der Waals surface area contributed by atoms with Crippen molar-refractivity contribution in [2.45, 2.75) is 24.3 Å². The molecule has 0 bridgehead atoms. The maximum atomic E-state index is 13.3. The highest BCUT2D eigenvalue weighted by atomic mass is 32.2. The fraction of sp³-hybridized carbons (Fsp3) is 0.286. The summed E-state index contributed by atoms with van der Waals surface area (Å²) < 4.78 is 13.3. The largest absolute Gasteiger partial charge is 0.395 e. The molecule has 20 heavy (non-hydrogen) atoms. The first-order chi connectivity index (χ1) is 9.69. The van der Waals surface area contributed by atoms with Gasteiger partial charge in [0.05, 0.1) is 6.61 Å². The summed E-state index contributed by atoms with van der Waals surface area (Å²) in [6.07, 6.45) is 0.378. The SMILES string of the molecule is Cc1nc(SCc2ccc(F)cc2C#CCCO)n[nH]1. The zero-order chi connectivity index (χ0) is 14.4. The number of rotatable bonds is 4. The molecule has 0 radical (unpaired) electrons. The number of hydrogen-bond donors (Lipinski definition) is 2. The zero-order valence-electron chi connectivity index (χ0n) is 11.0. The molecule has 2 N–H and O–H groups in total. The van der Waals surface area contributed by atoms with Gasteiger partial charge in [-0.2, -0.15) is 0 Å². The molecule has 0 aliphatic carbocycles. The van der Waals surface area contributed by atoms with Crippen LogP contribution in [0.15, 0.2) is 23.4 Å². The highest BCUT2D eigenvalue weighted by Gasteiger charge is 2.06. The number of hydrogen-bond acceptors (Lipinski definition) is 4. The van der Waals surface area contributed by atoms with E-state index in [1.807, 2.05) is 6.92 Å². The molecule has 6 heteroatoms. The predicted molar refractivity (Wildman–Crippen MR) is 75.7 cm³/mol. The molecular weight excluding hydrogens is 277 g/mol. The minimum absolute atomic E-state index is 0.00284. The van der Waals surface area contributed by atoms with Crippen molar-refractivity contribution in [1.29, 1.82) is 0 Å². The van der Waals surface area contributed by atoms with Gasteiger partial charge in [0.1, 0.15) is 11.6 Å². The molecule has 4 nitrogen and oxygen atoms in total. The van der Waals surface area contributed by atoms with Crippen LogP contribution in [0.4, 0.5) is 4.39 Å². The first-order valence-electron chi connectivity index (χ1n) is 6.09. The van der Waals surface area contributed by atoms with Crippen LogP contribution in [0.5, 0.6) is 0 Å². The van der Waals surface area contributed by atoms with E-state index in [9.17, 15) is 4.39 Å². The third-order valence-electron chi connectivity index (χ3n) is 2.47. The molecule has 2 aromatic rings. The van der Waals surface area contributed by atoms with Gasteiger partial charge >= 0.3 is 0 Å². The van der Waals surface area contributed by atoms with Crippen molar-refractivity contribution >= 4 is 11.8 Å². The van der Waals surface area contributed by atoms with Gasteiger partial charge < -0.3 is 5.11 Å². The van der Waals surface area contributed by atoms with E-state index >= 15 is 0 Å². The number of halogens is 1. The Morgan fingerprint density at radius 1 is 1.45 bits per heavy atom. The van der Waals surface area contributed by atoms with E-state index in [2.05, 4.69) is 27.0 Å². The molecule has 1 aromatic carbocycles. The van der Waals surface area contributed by atoms with Crippen molar-refractivity contribution in [2.75, 3.05) is 6.61 Å². The summed E-state index contributed by atoms with van der Waals surface area (Å²) in [6.45, 7) is 1.84. The summed E-state index contributed by atoms with van der Waals surface area (Å²) in [5.41, 5.74) is 1.56. The maximum Gasteiger partial charge on any atom is 0.208 e. The van der Waals surface area contributed by atoms with Crippen molar-refractivity contribution in [3.63, 3.8) is 0 Å².